The second-order valence-electron chi connectivity index (χ2n) is 4.39. The first kappa shape index (κ1) is 14.7. The molecule has 0 saturated carbocycles. The number of rotatable bonds is 7. The van der Waals surface area contributed by atoms with Crippen molar-refractivity contribution in [3.8, 4) is 10.7 Å². The largest absolute Gasteiger partial charge is 0.339 e. The van der Waals surface area contributed by atoms with Gasteiger partial charge in [0.05, 0.1) is 4.88 Å². The van der Waals surface area contributed by atoms with E-state index < -0.39 is 0 Å². The first-order chi connectivity index (χ1) is 9.22. The van der Waals surface area contributed by atoms with Crippen molar-refractivity contribution in [2.24, 2.45) is 0 Å². The van der Waals surface area contributed by atoms with Crippen molar-refractivity contribution in [3.05, 3.63) is 21.8 Å². The van der Waals surface area contributed by atoms with Crippen LogP contribution >= 0.6 is 27.3 Å². The molecule has 0 aliphatic carbocycles. The Kier molecular flexibility index (Phi) is 5.54. The zero-order chi connectivity index (χ0) is 13.7. The van der Waals surface area contributed by atoms with Gasteiger partial charge in [-0.25, -0.2) is 0 Å². The number of likely N-dealkylation sites (N-methyl/N-ethyl adjacent to an activating group) is 1. The van der Waals surface area contributed by atoms with Gasteiger partial charge in [-0.2, -0.15) is 4.98 Å². The van der Waals surface area contributed by atoms with Crippen LogP contribution in [0.3, 0.4) is 0 Å². The van der Waals surface area contributed by atoms with E-state index >= 15 is 0 Å². The van der Waals surface area contributed by atoms with Crippen LogP contribution in [0.5, 0.6) is 0 Å². The lowest BCUT2D eigenvalue weighted by atomic mass is 10.1. The Bertz CT molecular complexity index is 505. The summed E-state index contributed by atoms with van der Waals surface area (Å²) in [5.74, 6) is 1.39. The van der Waals surface area contributed by atoms with Crippen LogP contribution in [0.2, 0.25) is 0 Å². The molecule has 0 aliphatic rings. The molecule has 19 heavy (non-hydrogen) atoms. The second-order valence-corrected chi connectivity index (χ2v) is 6.22. The average Bonchev–Trinajstić information content (AvgIpc) is 2.99. The van der Waals surface area contributed by atoms with Gasteiger partial charge in [-0.1, -0.05) is 25.4 Å². The highest BCUT2D eigenvalue weighted by Gasteiger charge is 2.15. The first-order valence-corrected chi connectivity index (χ1v) is 8.20. The minimum absolute atomic E-state index is 0.415. The highest BCUT2D eigenvalue weighted by atomic mass is 79.9. The van der Waals surface area contributed by atoms with Gasteiger partial charge in [0.15, 0.2) is 0 Å². The minimum Gasteiger partial charge on any atom is -0.339 e. The molecule has 1 atom stereocenters. The smallest absolute Gasteiger partial charge is 0.228 e. The summed E-state index contributed by atoms with van der Waals surface area (Å²) in [7, 11) is 0. The monoisotopic (exact) mass is 343 g/mol. The van der Waals surface area contributed by atoms with Crippen molar-refractivity contribution in [1.29, 1.82) is 0 Å². The molecule has 1 N–H and O–H groups in total. The molecule has 0 aromatic carbocycles. The summed E-state index contributed by atoms with van der Waals surface area (Å²) >= 11 is 5.04. The van der Waals surface area contributed by atoms with E-state index in [1.807, 2.05) is 11.4 Å². The molecule has 0 fully saturated rings. The fourth-order valence-corrected chi connectivity index (χ4v) is 3.34. The first-order valence-electron chi connectivity index (χ1n) is 6.53. The van der Waals surface area contributed by atoms with E-state index in [1.54, 1.807) is 11.3 Å². The Morgan fingerprint density at radius 1 is 1.47 bits per heavy atom. The summed E-state index contributed by atoms with van der Waals surface area (Å²) in [6.07, 6.45) is 3.06. The SMILES string of the molecule is CCCC(Cc1nc(-c2cc(Br)cs2)no1)NCC. The molecule has 0 spiro atoms. The van der Waals surface area contributed by atoms with E-state index in [-0.39, 0.29) is 0 Å². The molecule has 104 valence electrons. The quantitative estimate of drug-likeness (QED) is 0.828. The third-order valence-corrected chi connectivity index (χ3v) is 4.49. The van der Waals surface area contributed by atoms with Crippen molar-refractivity contribution in [2.75, 3.05) is 6.54 Å². The number of halogens is 1. The van der Waals surface area contributed by atoms with E-state index in [0.717, 1.165) is 35.2 Å². The van der Waals surface area contributed by atoms with Crippen molar-refractivity contribution < 1.29 is 4.52 Å². The molecule has 4 nitrogen and oxygen atoms in total. The van der Waals surface area contributed by atoms with Gasteiger partial charge in [0.25, 0.3) is 0 Å². The van der Waals surface area contributed by atoms with E-state index in [9.17, 15) is 0 Å². The lowest BCUT2D eigenvalue weighted by molar-refractivity contribution is 0.352. The van der Waals surface area contributed by atoms with Crippen molar-refractivity contribution in [3.63, 3.8) is 0 Å². The molecule has 6 heteroatoms. The second kappa shape index (κ2) is 7.17. The Labute approximate surface area is 125 Å². The fourth-order valence-electron chi connectivity index (χ4n) is 1.99. The number of thiophene rings is 1. The van der Waals surface area contributed by atoms with Crippen LogP contribution in [0.15, 0.2) is 20.4 Å². The van der Waals surface area contributed by atoms with E-state index in [2.05, 4.69) is 45.2 Å². The van der Waals surface area contributed by atoms with Gasteiger partial charge in [-0.15, -0.1) is 11.3 Å². The molecule has 0 amide bonds. The predicted octanol–water partition coefficient (Wildman–Crippen LogP) is 3.88. The third kappa shape index (κ3) is 4.12. The Morgan fingerprint density at radius 2 is 2.32 bits per heavy atom. The topological polar surface area (TPSA) is 51.0 Å². The third-order valence-electron chi connectivity index (χ3n) is 2.81. The van der Waals surface area contributed by atoms with Crippen LogP contribution in [0, 0.1) is 0 Å². The van der Waals surface area contributed by atoms with Crippen molar-refractivity contribution >= 4 is 27.3 Å². The Balaban J connectivity index is 2.03. The summed E-state index contributed by atoms with van der Waals surface area (Å²) in [6.45, 7) is 5.27. The summed E-state index contributed by atoms with van der Waals surface area (Å²) in [6, 6.07) is 2.42. The molecule has 2 heterocycles. The molecule has 1 unspecified atom stereocenters. The number of hydrogen-bond donors (Lipinski definition) is 1. The molecule has 2 aromatic heterocycles. The van der Waals surface area contributed by atoms with Crippen LogP contribution in [0.1, 0.15) is 32.6 Å². The lowest BCUT2D eigenvalue weighted by Crippen LogP contribution is -2.30. The maximum atomic E-state index is 5.34. The van der Waals surface area contributed by atoms with Gasteiger partial charge in [-0.05, 0) is 35.0 Å². The minimum atomic E-state index is 0.415. The van der Waals surface area contributed by atoms with Gasteiger partial charge in [0.1, 0.15) is 0 Å². The van der Waals surface area contributed by atoms with E-state index in [4.69, 9.17) is 4.52 Å². The van der Waals surface area contributed by atoms with Crippen LogP contribution in [0.4, 0.5) is 0 Å². The zero-order valence-corrected chi connectivity index (χ0v) is 13.6. The molecule has 0 bridgehead atoms. The van der Waals surface area contributed by atoms with Gasteiger partial charge in [0.2, 0.25) is 11.7 Å². The highest BCUT2D eigenvalue weighted by Crippen LogP contribution is 2.27. The van der Waals surface area contributed by atoms with Crippen molar-refractivity contribution in [1.82, 2.24) is 15.5 Å². The van der Waals surface area contributed by atoms with Gasteiger partial charge >= 0.3 is 0 Å². The summed E-state index contributed by atoms with van der Waals surface area (Å²) < 4.78 is 6.39. The van der Waals surface area contributed by atoms with E-state index in [1.165, 1.54) is 0 Å². The Morgan fingerprint density at radius 3 is 2.95 bits per heavy atom. The van der Waals surface area contributed by atoms with Crippen LogP contribution < -0.4 is 5.32 Å². The lowest BCUT2D eigenvalue weighted by Gasteiger charge is -2.14. The van der Waals surface area contributed by atoms with E-state index in [0.29, 0.717) is 17.8 Å². The van der Waals surface area contributed by atoms with Crippen LogP contribution in [0.25, 0.3) is 10.7 Å². The highest BCUT2D eigenvalue weighted by molar-refractivity contribution is 9.10. The molecule has 0 aliphatic heterocycles. The average molecular weight is 344 g/mol. The standard InChI is InChI=1S/C13H18BrN3OS/c1-3-5-10(15-4-2)7-12-16-13(17-18-12)11-6-9(14)8-19-11/h6,8,10,15H,3-5,7H2,1-2H3. The molecule has 0 saturated heterocycles. The van der Waals surface area contributed by atoms with Crippen LogP contribution in [-0.4, -0.2) is 22.7 Å². The van der Waals surface area contributed by atoms with Crippen molar-refractivity contribution in [2.45, 2.75) is 39.2 Å². The normalized spacial score (nSPS) is 12.8. The molecule has 0 radical (unpaired) electrons. The summed E-state index contributed by atoms with van der Waals surface area (Å²) in [5, 5.41) is 9.52. The van der Waals surface area contributed by atoms with Crippen LogP contribution in [-0.2, 0) is 6.42 Å². The Hall–Kier alpha value is -0.720. The van der Waals surface area contributed by atoms with Gasteiger partial charge < -0.3 is 9.84 Å². The fraction of sp³-hybridized carbons (Fsp3) is 0.538. The number of nitrogens with zero attached hydrogens (tertiary/aromatic N) is 2. The molecular formula is C13H18BrN3OS. The number of nitrogens with one attached hydrogen (secondary N) is 1. The summed E-state index contributed by atoms with van der Waals surface area (Å²) in [5.41, 5.74) is 0. The van der Waals surface area contributed by atoms with Gasteiger partial charge in [0, 0.05) is 22.3 Å². The number of hydrogen-bond acceptors (Lipinski definition) is 5. The molecule has 2 aromatic rings. The maximum Gasteiger partial charge on any atom is 0.228 e. The van der Waals surface area contributed by atoms with Gasteiger partial charge in [-0.3, -0.25) is 0 Å². The predicted molar refractivity (Wildman–Crippen MR) is 81.4 cm³/mol. The number of aromatic nitrogens is 2. The molecular weight excluding hydrogens is 326 g/mol. The molecule has 2 rings (SSSR count). The maximum absolute atomic E-state index is 5.34. The zero-order valence-electron chi connectivity index (χ0n) is 11.1. The summed E-state index contributed by atoms with van der Waals surface area (Å²) in [4.78, 5) is 5.50.